The average molecular weight is 509 g/mol. The number of hydrogen-bond acceptors (Lipinski definition) is 5. The maximum atomic E-state index is 13.2. The standard InChI is InChI=1S/C19H15BrF6N4O/c1-8-11(5-4-6-13(8)18(21,22)23)9(2)27-15-12-7-14(20)17(31-19(24,25)26)30-16(12)29-10(3)28-15/h4-7,9H,1-3H3,(H,27,28,29,30)/t9-/m1/s1. The monoisotopic (exact) mass is 508 g/mol. The molecule has 31 heavy (non-hydrogen) atoms. The third-order valence-electron chi connectivity index (χ3n) is 4.43. The lowest BCUT2D eigenvalue weighted by atomic mass is 9.97. The van der Waals surface area contributed by atoms with Crippen LogP contribution in [0.2, 0.25) is 0 Å². The molecule has 2 heterocycles. The Bertz CT molecular complexity index is 1130. The van der Waals surface area contributed by atoms with E-state index >= 15 is 0 Å². The minimum Gasteiger partial charge on any atom is -0.387 e. The lowest BCUT2D eigenvalue weighted by molar-refractivity contribution is -0.276. The number of nitrogens with one attached hydrogen (secondary N) is 1. The fraction of sp³-hybridized carbons (Fsp3) is 0.316. The van der Waals surface area contributed by atoms with Crippen LogP contribution < -0.4 is 10.1 Å². The van der Waals surface area contributed by atoms with Gasteiger partial charge in [0.1, 0.15) is 11.6 Å². The van der Waals surface area contributed by atoms with Crippen LogP contribution in [0, 0.1) is 13.8 Å². The van der Waals surface area contributed by atoms with Crippen molar-refractivity contribution < 1.29 is 31.1 Å². The summed E-state index contributed by atoms with van der Waals surface area (Å²) in [6, 6.07) is 4.56. The van der Waals surface area contributed by atoms with Crippen LogP contribution in [0.3, 0.4) is 0 Å². The number of anilines is 1. The molecule has 0 saturated carbocycles. The first kappa shape index (κ1) is 23.0. The Kier molecular flexibility index (Phi) is 6.05. The molecule has 1 N–H and O–H groups in total. The van der Waals surface area contributed by atoms with Crippen LogP contribution in [0.25, 0.3) is 11.0 Å². The van der Waals surface area contributed by atoms with E-state index in [1.165, 1.54) is 26.0 Å². The van der Waals surface area contributed by atoms with Crippen LogP contribution >= 0.6 is 15.9 Å². The highest BCUT2D eigenvalue weighted by atomic mass is 79.9. The Balaban J connectivity index is 2.03. The highest BCUT2D eigenvalue weighted by Crippen LogP contribution is 2.37. The third-order valence-corrected chi connectivity index (χ3v) is 5.00. The number of aromatic nitrogens is 3. The second-order valence-electron chi connectivity index (χ2n) is 6.70. The van der Waals surface area contributed by atoms with Gasteiger partial charge in [0.15, 0.2) is 5.65 Å². The minimum atomic E-state index is -4.94. The Hall–Kier alpha value is -2.63. The summed E-state index contributed by atoms with van der Waals surface area (Å²) >= 11 is 2.98. The number of rotatable bonds is 4. The molecule has 12 heteroatoms. The Morgan fingerprint density at radius 1 is 1.03 bits per heavy atom. The number of fused-ring (bicyclic) bond motifs is 1. The van der Waals surface area contributed by atoms with Gasteiger partial charge in [0.25, 0.3) is 0 Å². The van der Waals surface area contributed by atoms with Crippen molar-refractivity contribution >= 4 is 32.8 Å². The van der Waals surface area contributed by atoms with E-state index in [4.69, 9.17) is 0 Å². The van der Waals surface area contributed by atoms with Crippen LogP contribution in [0.5, 0.6) is 5.88 Å². The molecule has 0 fully saturated rings. The fourth-order valence-corrected chi connectivity index (χ4v) is 3.52. The van der Waals surface area contributed by atoms with Crippen LogP contribution in [-0.4, -0.2) is 21.3 Å². The van der Waals surface area contributed by atoms with E-state index in [1.54, 1.807) is 13.0 Å². The third kappa shape index (κ3) is 5.17. The molecule has 0 spiro atoms. The van der Waals surface area contributed by atoms with E-state index in [9.17, 15) is 26.3 Å². The highest BCUT2D eigenvalue weighted by Gasteiger charge is 2.34. The van der Waals surface area contributed by atoms with E-state index < -0.39 is 30.0 Å². The number of alkyl halides is 6. The maximum absolute atomic E-state index is 13.2. The van der Waals surface area contributed by atoms with Crippen molar-refractivity contribution in [1.29, 1.82) is 0 Å². The zero-order valence-electron chi connectivity index (χ0n) is 16.3. The van der Waals surface area contributed by atoms with Crippen molar-refractivity contribution in [3.63, 3.8) is 0 Å². The second-order valence-corrected chi connectivity index (χ2v) is 7.55. The quantitative estimate of drug-likeness (QED) is 0.408. The van der Waals surface area contributed by atoms with Crippen molar-refractivity contribution in [3.8, 4) is 5.88 Å². The molecule has 0 radical (unpaired) electrons. The Labute approximate surface area is 181 Å². The molecule has 0 aliphatic heterocycles. The lowest BCUT2D eigenvalue weighted by Gasteiger charge is -2.21. The second kappa shape index (κ2) is 8.13. The molecule has 3 rings (SSSR count). The molecule has 0 unspecified atom stereocenters. The summed E-state index contributed by atoms with van der Waals surface area (Å²) in [5.74, 6) is -0.305. The molecule has 0 amide bonds. The molecule has 1 aromatic carbocycles. The number of hydrogen-bond donors (Lipinski definition) is 1. The number of ether oxygens (including phenoxy) is 1. The number of halogens is 7. The first-order valence-electron chi connectivity index (χ1n) is 8.80. The van der Waals surface area contributed by atoms with Crippen molar-refractivity contribution in [2.75, 3.05) is 5.32 Å². The normalized spacial score (nSPS) is 13.4. The van der Waals surface area contributed by atoms with Crippen molar-refractivity contribution in [3.05, 3.63) is 51.3 Å². The maximum Gasteiger partial charge on any atom is 0.574 e. The van der Waals surface area contributed by atoms with Crippen molar-refractivity contribution in [2.45, 2.75) is 39.4 Å². The zero-order valence-corrected chi connectivity index (χ0v) is 17.9. The summed E-state index contributed by atoms with van der Waals surface area (Å²) in [6.45, 7) is 4.53. The van der Waals surface area contributed by atoms with Gasteiger partial charge in [-0.1, -0.05) is 12.1 Å². The van der Waals surface area contributed by atoms with E-state index in [0.29, 0.717) is 5.56 Å². The van der Waals surface area contributed by atoms with Gasteiger partial charge >= 0.3 is 12.5 Å². The number of nitrogens with zero attached hydrogens (tertiary/aromatic N) is 3. The summed E-state index contributed by atoms with van der Waals surface area (Å²) < 4.78 is 81.3. The summed E-state index contributed by atoms with van der Waals surface area (Å²) in [5, 5.41) is 3.28. The summed E-state index contributed by atoms with van der Waals surface area (Å²) in [5.41, 5.74) is -0.361. The predicted octanol–water partition coefficient (Wildman–Crippen LogP) is 6.49. The smallest absolute Gasteiger partial charge is 0.387 e. The van der Waals surface area contributed by atoms with Crippen LogP contribution in [-0.2, 0) is 6.18 Å². The van der Waals surface area contributed by atoms with E-state index in [2.05, 4.69) is 40.9 Å². The minimum absolute atomic E-state index is 0.0604. The molecule has 0 bridgehead atoms. The lowest BCUT2D eigenvalue weighted by Crippen LogP contribution is -2.18. The topological polar surface area (TPSA) is 59.9 Å². The fourth-order valence-electron chi connectivity index (χ4n) is 3.13. The van der Waals surface area contributed by atoms with Gasteiger partial charge in [-0.25, -0.2) is 9.97 Å². The Morgan fingerprint density at radius 2 is 1.71 bits per heavy atom. The molecule has 3 aromatic rings. The van der Waals surface area contributed by atoms with Gasteiger partial charge in [-0.15, -0.1) is 13.2 Å². The Morgan fingerprint density at radius 3 is 2.32 bits per heavy atom. The molecule has 0 aliphatic carbocycles. The first-order valence-corrected chi connectivity index (χ1v) is 9.59. The summed E-state index contributed by atoms with van der Waals surface area (Å²) in [4.78, 5) is 12.1. The number of pyridine rings is 1. The van der Waals surface area contributed by atoms with Gasteiger partial charge in [-0.3, -0.25) is 0 Å². The van der Waals surface area contributed by atoms with E-state index in [-0.39, 0.29) is 32.7 Å². The molecule has 5 nitrogen and oxygen atoms in total. The van der Waals surface area contributed by atoms with Gasteiger partial charge in [0.2, 0.25) is 5.88 Å². The molecular formula is C19H15BrF6N4O. The summed E-state index contributed by atoms with van der Waals surface area (Å²) in [6.07, 6.45) is -9.44. The van der Waals surface area contributed by atoms with E-state index in [1.807, 2.05) is 0 Å². The zero-order chi connectivity index (χ0) is 23.1. The summed E-state index contributed by atoms with van der Waals surface area (Å²) in [7, 11) is 0. The van der Waals surface area contributed by atoms with E-state index in [0.717, 1.165) is 6.07 Å². The predicted molar refractivity (Wildman–Crippen MR) is 105 cm³/mol. The number of aryl methyl sites for hydroxylation is 1. The molecule has 0 aliphatic rings. The van der Waals surface area contributed by atoms with Gasteiger partial charge < -0.3 is 10.1 Å². The van der Waals surface area contributed by atoms with Crippen molar-refractivity contribution in [1.82, 2.24) is 15.0 Å². The van der Waals surface area contributed by atoms with Crippen molar-refractivity contribution in [2.24, 2.45) is 0 Å². The molecule has 2 aromatic heterocycles. The van der Waals surface area contributed by atoms with Gasteiger partial charge in [0.05, 0.1) is 21.5 Å². The van der Waals surface area contributed by atoms with Gasteiger partial charge in [-0.05, 0) is 60.0 Å². The largest absolute Gasteiger partial charge is 0.574 e. The van der Waals surface area contributed by atoms with Crippen LogP contribution in [0.1, 0.15) is 35.5 Å². The van der Waals surface area contributed by atoms with Gasteiger partial charge in [0, 0.05) is 0 Å². The van der Waals surface area contributed by atoms with Crippen LogP contribution in [0.15, 0.2) is 28.7 Å². The van der Waals surface area contributed by atoms with Crippen LogP contribution in [0.4, 0.5) is 32.2 Å². The molecule has 0 saturated heterocycles. The molecule has 166 valence electrons. The van der Waals surface area contributed by atoms with Gasteiger partial charge in [-0.2, -0.15) is 18.2 Å². The number of benzene rings is 1. The highest BCUT2D eigenvalue weighted by molar-refractivity contribution is 9.10. The SMILES string of the molecule is Cc1nc(N[C@H](C)c2cccc(C(F)(F)F)c2C)c2cc(Br)c(OC(F)(F)F)nc2n1. The average Bonchev–Trinajstić information content (AvgIpc) is 2.61. The molecular weight excluding hydrogens is 494 g/mol. The molecule has 1 atom stereocenters. The first-order chi connectivity index (χ1) is 14.3.